The van der Waals surface area contributed by atoms with Crippen LogP contribution in [0.15, 0.2) is 36.5 Å². The average Bonchev–Trinajstić information content (AvgIpc) is 3.45. The van der Waals surface area contributed by atoms with Crippen molar-refractivity contribution in [2.24, 2.45) is 5.41 Å². The highest BCUT2D eigenvalue weighted by Crippen LogP contribution is 2.62. The zero-order valence-electron chi connectivity index (χ0n) is 15.5. The highest BCUT2D eigenvalue weighted by Gasteiger charge is 2.63. The number of nitrogens with zero attached hydrogens (tertiary/aromatic N) is 1. The SMILES string of the molecule is FC(F)(F)c1ccc(C(CNCc2cccc(Cl)c2Cl)CC2(C(F)(F)F)CC2)cn1. The van der Waals surface area contributed by atoms with Crippen molar-refractivity contribution in [2.75, 3.05) is 6.54 Å². The maximum absolute atomic E-state index is 13.5. The summed E-state index contributed by atoms with van der Waals surface area (Å²) in [5, 5.41) is 3.75. The molecule has 2 nitrogen and oxygen atoms in total. The predicted molar refractivity (Wildman–Crippen MR) is 102 cm³/mol. The Balaban J connectivity index is 1.77. The summed E-state index contributed by atoms with van der Waals surface area (Å²) in [7, 11) is 0. The van der Waals surface area contributed by atoms with Crippen LogP contribution in [0.5, 0.6) is 0 Å². The molecule has 2 aromatic rings. The molecule has 30 heavy (non-hydrogen) atoms. The topological polar surface area (TPSA) is 24.9 Å². The molecule has 0 radical (unpaired) electrons. The molecule has 1 aromatic carbocycles. The molecule has 1 atom stereocenters. The zero-order chi connectivity index (χ0) is 22.2. The summed E-state index contributed by atoms with van der Waals surface area (Å²) in [4.78, 5) is 3.40. The summed E-state index contributed by atoms with van der Waals surface area (Å²) in [5.74, 6) is -0.665. The largest absolute Gasteiger partial charge is 0.433 e. The van der Waals surface area contributed by atoms with Crippen LogP contribution in [-0.2, 0) is 12.7 Å². The summed E-state index contributed by atoms with van der Waals surface area (Å²) >= 11 is 12.1. The lowest BCUT2D eigenvalue weighted by atomic mass is 9.86. The molecular weight excluding hydrogens is 453 g/mol. The molecule has 0 aliphatic heterocycles. The lowest BCUT2D eigenvalue weighted by Gasteiger charge is -2.26. The fourth-order valence-electron chi connectivity index (χ4n) is 3.41. The van der Waals surface area contributed by atoms with Gasteiger partial charge in [0.05, 0.1) is 15.5 Å². The van der Waals surface area contributed by atoms with Gasteiger partial charge in [-0.3, -0.25) is 4.98 Å². The third-order valence-electron chi connectivity index (χ3n) is 5.38. The Morgan fingerprint density at radius 2 is 1.73 bits per heavy atom. The molecule has 0 saturated heterocycles. The third-order valence-corrected chi connectivity index (χ3v) is 6.24. The molecule has 3 rings (SSSR count). The number of hydrogen-bond acceptors (Lipinski definition) is 2. The van der Waals surface area contributed by atoms with Crippen molar-refractivity contribution in [1.82, 2.24) is 10.3 Å². The van der Waals surface area contributed by atoms with E-state index in [0.29, 0.717) is 21.2 Å². The quantitative estimate of drug-likeness (QED) is 0.440. The minimum atomic E-state index is -4.61. The summed E-state index contributed by atoms with van der Waals surface area (Å²) < 4.78 is 78.7. The summed E-state index contributed by atoms with van der Waals surface area (Å²) in [5.41, 5.74) is -1.88. The molecule has 0 amide bonds. The first-order chi connectivity index (χ1) is 13.9. The van der Waals surface area contributed by atoms with E-state index >= 15 is 0 Å². The number of alkyl halides is 6. The minimum Gasteiger partial charge on any atom is -0.312 e. The Morgan fingerprint density at radius 1 is 1.03 bits per heavy atom. The second-order valence-corrected chi connectivity index (χ2v) is 8.28. The Bertz CT molecular complexity index is 876. The van der Waals surface area contributed by atoms with Crippen molar-refractivity contribution in [3.8, 4) is 0 Å². The first-order valence-corrected chi connectivity index (χ1v) is 9.92. The van der Waals surface area contributed by atoms with E-state index in [0.717, 1.165) is 12.3 Å². The van der Waals surface area contributed by atoms with Gasteiger partial charge in [0.1, 0.15) is 5.69 Å². The lowest BCUT2D eigenvalue weighted by molar-refractivity contribution is -0.190. The van der Waals surface area contributed by atoms with Gasteiger partial charge in [-0.2, -0.15) is 26.3 Å². The van der Waals surface area contributed by atoms with Crippen molar-refractivity contribution >= 4 is 23.2 Å². The maximum Gasteiger partial charge on any atom is 0.433 e. The average molecular weight is 471 g/mol. The molecule has 1 heterocycles. The molecule has 1 unspecified atom stereocenters. The van der Waals surface area contributed by atoms with Gasteiger partial charge >= 0.3 is 12.4 Å². The minimum absolute atomic E-state index is 0.0151. The van der Waals surface area contributed by atoms with E-state index in [1.54, 1.807) is 18.2 Å². The Kier molecular flexibility index (Phi) is 6.60. The Labute approximate surface area is 179 Å². The Hall–Kier alpha value is -1.51. The van der Waals surface area contributed by atoms with Crippen LogP contribution >= 0.6 is 23.2 Å². The summed E-state index contributed by atoms with van der Waals surface area (Å²) in [6, 6.07) is 7.04. The third kappa shape index (κ3) is 5.21. The van der Waals surface area contributed by atoms with Crippen molar-refractivity contribution < 1.29 is 26.3 Å². The molecule has 0 bridgehead atoms. The smallest absolute Gasteiger partial charge is 0.312 e. The van der Waals surface area contributed by atoms with Gasteiger partial charge in [0, 0.05) is 19.3 Å². The van der Waals surface area contributed by atoms with Gasteiger partial charge in [0.25, 0.3) is 0 Å². The van der Waals surface area contributed by atoms with E-state index < -0.39 is 29.4 Å². The maximum atomic E-state index is 13.5. The van der Waals surface area contributed by atoms with Crippen molar-refractivity contribution in [1.29, 1.82) is 0 Å². The first-order valence-electron chi connectivity index (χ1n) is 9.16. The fraction of sp³-hybridized carbons (Fsp3) is 0.450. The van der Waals surface area contributed by atoms with Crippen LogP contribution in [0, 0.1) is 5.41 Å². The Morgan fingerprint density at radius 3 is 2.27 bits per heavy atom. The lowest BCUT2D eigenvalue weighted by Crippen LogP contribution is -2.30. The molecule has 1 aromatic heterocycles. The molecular formula is C20H18Cl2F6N2. The molecule has 1 fully saturated rings. The predicted octanol–water partition coefficient (Wildman–Crippen LogP) is 7.01. The van der Waals surface area contributed by atoms with Crippen LogP contribution in [0.4, 0.5) is 26.3 Å². The molecule has 1 aliphatic rings. The van der Waals surface area contributed by atoms with Gasteiger partial charge in [-0.15, -0.1) is 0 Å². The number of rotatable bonds is 7. The van der Waals surface area contributed by atoms with Crippen LogP contribution in [-0.4, -0.2) is 17.7 Å². The van der Waals surface area contributed by atoms with Crippen LogP contribution in [0.2, 0.25) is 10.0 Å². The highest BCUT2D eigenvalue weighted by atomic mass is 35.5. The molecule has 0 spiro atoms. The standard InChI is InChI=1S/C20H18Cl2F6N2/c21-15-3-1-2-13(17(15)22)9-29-10-14(8-18(6-7-18)20(26,27)28)12-4-5-16(30-11-12)19(23,24)25/h1-5,11,14,29H,6-10H2. The number of benzene rings is 1. The number of halogens is 8. The van der Waals surface area contributed by atoms with Crippen molar-refractivity contribution in [2.45, 2.75) is 44.1 Å². The van der Waals surface area contributed by atoms with Crippen LogP contribution in [0.3, 0.4) is 0 Å². The number of hydrogen-bond donors (Lipinski definition) is 1. The second-order valence-electron chi connectivity index (χ2n) is 7.50. The molecule has 10 heteroatoms. The van der Waals surface area contributed by atoms with E-state index in [-0.39, 0.29) is 32.4 Å². The zero-order valence-corrected chi connectivity index (χ0v) is 17.1. The fourth-order valence-corrected chi connectivity index (χ4v) is 3.80. The van der Waals surface area contributed by atoms with Crippen LogP contribution < -0.4 is 5.32 Å². The van der Waals surface area contributed by atoms with Gasteiger partial charge in [-0.05, 0) is 48.4 Å². The molecule has 1 saturated carbocycles. The number of nitrogens with one attached hydrogen (secondary N) is 1. The van der Waals surface area contributed by atoms with Crippen LogP contribution in [0.25, 0.3) is 0 Å². The van der Waals surface area contributed by atoms with Crippen LogP contribution in [0.1, 0.15) is 42.0 Å². The number of pyridine rings is 1. The van der Waals surface area contributed by atoms with Gasteiger partial charge in [0.15, 0.2) is 0 Å². The van der Waals surface area contributed by atoms with E-state index in [1.807, 2.05) is 0 Å². The normalized spacial score (nSPS) is 17.1. The molecule has 164 valence electrons. The van der Waals surface area contributed by atoms with Gasteiger partial charge in [-0.25, -0.2) is 0 Å². The van der Waals surface area contributed by atoms with Gasteiger partial charge in [0.2, 0.25) is 0 Å². The number of aromatic nitrogens is 1. The molecule has 1 aliphatic carbocycles. The van der Waals surface area contributed by atoms with Gasteiger partial charge < -0.3 is 5.32 Å². The second kappa shape index (κ2) is 8.55. The monoisotopic (exact) mass is 470 g/mol. The molecule has 1 N–H and O–H groups in total. The van der Waals surface area contributed by atoms with E-state index in [4.69, 9.17) is 23.2 Å². The van der Waals surface area contributed by atoms with E-state index in [9.17, 15) is 26.3 Å². The van der Waals surface area contributed by atoms with Gasteiger partial charge in [-0.1, -0.05) is 41.4 Å². The van der Waals surface area contributed by atoms with E-state index in [1.165, 1.54) is 6.07 Å². The first kappa shape index (κ1) is 23.2. The summed E-state index contributed by atoms with van der Waals surface area (Å²) in [6.45, 7) is 0.372. The highest BCUT2D eigenvalue weighted by molar-refractivity contribution is 6.42. The van der Waals surface area contributed by atoms with Crippen molar-refractivity contribution in [3.63, 3.8) is 0 Å². The van der Waals surface area contributed by atoms with E-state index in [2.05, 4.69) is 10.3 Å². The van der Waals surface area contributed by atoms with Crippen molar-refractivity contribution in [3.05, 3.63) is 63.4 Å². The summed E-state index contributed by atoms with van der Waals surface area (Å²) in [6.07, 6.45) is -8.16.